The minimum absolute atomic E-state index is 0.243. The first-order valence-corrected chi connectivity index (χ1v) is 13.5. The molecule has 5 aromatic rings. The van der Waals surface area contributed by atoms with Gasteiger partial charge in [-0.15, -0.1) is 0 Å². The number of benzene rings is 5. The zero-order valence-corrected chi connectivity index (χ0v) is 21.8. The van der Waals surface area contributed by atoms with Crippen LogP contribution in [0.2, 0.25) is 0 Å². The molecule has 0 saturated heterocycles. The third-order valence-electron chi connectivity index (χ3n) is 8.03. The lowest BCUT2D eigenvalue weighted by Gasteiger charge is -2.22. The van der Waals surface area contributed by atoms with Crippen LogP contribution in [0.15, 0.2) is 115 Å². The first-order chi connectivity index (χ1) is 19.1. The molecular weight excluding hydrogens is 472 g/mol. The second kappa shape index (κ2) is 9.18. The van der Waals surface area contributed by atoms with Gasteiger partial charge in [0.05, 0.1) is 11.4 Å². The molecule has 5 aromatic carbocycles. The fourth-order valence-electron chi connectivity index (χ4n) is 6.19. The summed E-state index contributed by atoms with van der Waals surface area (Å²) < 4.78 is 0. The maximum atomic E-state index is 8.13. The van der Waals surface area contributed by atoms with Crippen molar-refractivity contribution in [2.45, 2.75) is 13.3 Å². The fourth-order valence-corrected chi connectivity index (χ4v) is 6.19. The van der Waals surface area contributed by atoms with Crippen molar-refractivity contribution < 1.29 is 0 Å². The first kappa shape index (κ1) is 23.3. The molecule has 2 aliphatic rings. The van der Waals surface area contributed by atoms with Crippen LogP contribution < -0.4 is 0 Å². The van der Waals surface area contributed by atoms with Gasteiger partial charge in [0, 0.05) is 0 Å². The van der Waals surface area contributed by atoms with Gasteiger partial charge in [-0.1, -0.05) is 110 Å². The van der Waals surface area contributed by atoms with E-state index in [1.807, 2.05) is 6.08 Å². The molecule has 7 rings (SSSR count). The monoisotopic (exact) mass is 500 g/mol. The van der Waals surface area contributed by atoms with Crippen molar-refractivity contribution >= 4 is 44.6 Å². The summed E-state index contributed by atoms with van der Waals surface area (Å²) in [6.07, 6.45) is 11.2. The number of nitrogens with one attached hydrogen (secondary N) is 2. The van der Waals surface area contributed by atoms with Crippen molar-refractivity contribution in [1.82, 2.24) is 0 Å². The molecule has 0 spiro atoms. The summed E-state index contributed by atoms with van der Waals surface area (Å²) in [4.78, 5) is 0. The van der Waals surface area contributed by atoms with E-state index in [2.05, 4.69) is 110 Å². The van der Waals surface area contributed by atoms with Gasteiger partial charge in [0.1, 0.15) is 0 Å². The standard InChI is InChI=1S/C37H28N2/c1-23-16-18-28-26(20-23)9-7-15-29(28)37-32-13-4-2-11-30(32)36(31-12-3-5-14-33(31)37)27-10-6-8-24(21-27)25-17-19-34(38)35(39)22-25/h2-19,21-23,38-39H,20H2,1H3. The van der Waals surface area contributed by atoms with Crippen molar-refractivity contribution in [2.24, 2.45) is 5.92 Å². The SMILES string of the molecule is CC1C=Cc2c(cccc2-c2c3ccccc3c(-c3cccc(C4=CC(=N)C(=N)C=C4)c3)c3ccccc23)C1. The Kier molecular flexibility index (Phi) is 5.49. The molecule has 0 aliphatic heterocycles. The van der Waals surface area contributed by atoms with Crippen molar-refractivity contribution in [3.05, 3.63) is 132 Å². The van der Waals surface area contributed by atoms with Gasteiger partial charge in [0.2, 0.25) is 0 Å². The van der Waals surface area contributed by atoms with Crippen LogP contribution in [-0.2, 0) is 6.42 Å². The van der Waals surface area contributed by atoms with Crippen molar-refractivity contribution in [1.29, 1.82) is 10.8 Å². The summed E-state index contributed by atoms with van der Waals surface area (Å²) in [5.41, 5.74) is 10.2. The van der Waals surface area contributed by atoms with E-state index in [1.165, 1.54) is 49.4 Å². The van der Waals surface area contributed by atoms with Gasteiger partial charge in [-0.3, -0.25) is 10.8 Å². The van der Waals surface area contributed by atoms with Gasteiger partial charge in [-0.05, 0) is 96.6 Å². The van der Waals surface area contributed by atoms with Crippen molar-refractivity contribution in [3.8, 4) is 22.3 Å². The van der Waals surface area contributed by atoms with Crippen molar-refractivity contribution in [2.75, 3.05) is 0 Å². The number of allylic oxidation sites excluding steroid dienone is 5. The summed E-state index contributed by atoms with van der Waals surface area (Å²) >= 11 is 0. The fraction of sp³-hybridized carbons (Fsp3) is 0.0811. The van der Waals surface area contributed by atoms with Crippen LogP contribution in [0.5, 0.6) is 0 Å². The molecule has 186 valence electrons. The highest BCUT2D eigenvalue weighted by Gasteiger charge is 2.21. The molecule has 0 bridgehead atoms. The Morgan fingerprint density at radius 3 is 1.95 bits per heavy atom. The average Bonchev–Trinajstić information content (AvgIpc) is 2.97. The number of hydrogen-bond acceptors (Lipinski definition) is 2. The van der Waals surface area contributed by atoms with Gasteiger partial charge < -0.3 is 0 Å². The van der Waals surface area contributed by atoms with Gasteiger partial charge in [0.15, 0.2) is 0 Å². The topological polar surface area (TPSA) is 47.7 Å². The molecule has 0 radical (unpaired) electrons. The van der Waals surface area contributed by atoms with Crippen LogP contribution in [0.4, 0.5) is 0 Å². The Labute approximate surface area is 228 Å². The summed E-state index contributed by atoms with van der Waals surface area (Å²) in [6, 6.07) is 32.9. The van der Waals surface area contributed by atoms with Crippen LogP contribution in [0.1, 0.15) is 23.6 Å². The van der Waals surface area contributed by atoms with Crippen LogP contribution in [0.25, 0.3) is 55.4 Å². The molecule has 2 N–H and O–H groups in total. The van der Waals surface area contributed by atoms with Gasteiger partial charge in [-0.25, -0.2) is 0 Å². The summed E-state index contributed by atoms with van der Waals surface area (Å²) in [6.45, 7) is 2.28. The molecule has 0 heterocycles. The summed E-state index contributed by atoms with van der Waals surface area (Å²) in [5.74, 6) is 0.555. The largest absolute Gasteiger partial charge is 0.299 e. The molecule has 1 atom stereocenters. The van der Waals surface area contributed by atoms with Gasteiger partial charge in [-0.2, -0.15) is 0 Å². The molecule has 2 nitrogen and oxygen atoms in total. The zero-order valence-electron chi connectivity index (χ0n) is 21.8. The highest BCUT2D eigenvalue weighted by Crippen LogP contribution is 2.45. The third-order valence-corrected chi connectivity index (χ3v) is 8.03. The second-order valence-electron chi connectivity index (χ2n) is 10.6. The van der Waals surface area contributed by atoms with E-state index in [4.69, 9.17) is 10.8 Å². The smallest absolute Gasteiger partial charge is 0.0795 e. The molecule has 0 aromatic heterocycles. The number of hydrogen-bond donors (Lipinski definition) is 2. The molecule has 2 heteroatoms. The molecular formula is C37H28N2. The Bertz CT molecular complexity index is 1880. The van der Waals surface area contributed by atoms with E-state index in [9.17, 15) is 0 Å². The normalized spacial score (nSPS) is 16.5. The quantitative estimate of drug-likeness (QED) is 0.183. The molecule has 39 heavy (non-hydrogen) atoms. The van der Waals surface area contributed by atoms with Crippen LogP contribution in [0.3, 0.4) is 0 Å². The highest BCUT2D eigenvalue weighted by molar-refractivity contribution is 6.50. The van der Waals surface area contributed by atoms with E-state index in [-0.39, 0.29) is 11.4 Å². The Hall–Kier alpha value is -4.82. The average molecular weight is 501 g/mol. The molecule has 1 unspecified atom stereocenters. The molecule has 0 amide bonds. The Morgan fingerprint density at radius 2 is 1.26 bits per heavy atom. The van der Waals surface area contributed by atoms with Gasteiger partial charge >= 0.3 is 0 Å². The zero-order chi connectivity index (χ0) is 26.5. The highest BCUT2D eigenvalue weighted by atomic mass is 14.5. The minimum atomic E-state index is 0.243. The van der Waals surface area contributed by atoms with Crippen LogP contribution in [-0.4, -0.2) is 11.4 Å². The molecule has 0 saturated carbocycles. The lowest BCUT2D eigenvalue weighted by atomic mass is 9.81. The van der Waals surface area contributed by atoms with Crippen LogP contribution >= 0.6 is 0 Å². The predicted molar refractivity (Wildman–Crippen MR) is 167 cm³/mol. The van der Waals surface area contributed by atoms with E-state index < -0.39 is 0 Å². The maximum Gasteiger partial charge on any atom is 0.0795 e. The summed E-state index contributed by atoms with van der Waals surface area (Å²) in [7, 11) is 0. The maximum absolute atomic E-state index is 8.13. The number of rotatable bonds is 3. The second-order valence-corrected chi connectivity index (χ2v) is 10.6. The number of fused-ring (bicyclic) bond motifs is 3. The predicted octanol–water partition coefficient (Wildman–Crippen LogP) is 9.53. The third kappa shape index (κ3) is 3.88. The van der Waals surface area contributed by atoms with Crippen LogP contribution in [0, 0.1) is 16.7 Å². The van der Waals surface area contributed by atoms with Crippen molar-refractivity contribution in [3.63, 3.8) is 0 Å². The van der Waals surface area contributed by atoms with E-state index in [0.29, 0.717) is 5.92 Å². The lowest BCUT2D eigenvalue weighted by Crippen LogP contribution is -2.09. The minimum Gasteiger partial charge on any atom is -0.299 e. The van der Waals surface area contributed by atoms with E-state index in [1.54, 1.807) is 12.2 Å². The van der Waals surface area contributed by atoms with Gasteiger partial charge in [0.25, 0.3) is 0 Å². The first-order valence-electron chi connectivity index (χ1n) is 13.5. The van der Waals surface area contributed by atoms with E-state index in [0.717, 1.165) is 23.1 Å². The van der Waals surface area contributed by atoms with E-state index >= 15 is 0 Å². The Balaban J connectivity index is 1.52. The summed E-state index contributed by atoms with van der Waals surface area (Å²) in [5, 5.41) is 21.0. The molecule has 2 aliphatic carbocycles. The Morgan fingerprint density at radius 1 is 0.615 bits per heavy atom. The lowest BCUT2D eigenvalue weighted by molar-refractivity contribution is 0.717. The molecule has 0 fully saturated rings.